The van der Waals surface area contributed by atoms with Gasteiger partial charge >= 0.3 is 15.0 Å². The van der Waals surface area contributed by atoms with E-state index in [0.29, 0.717) is 0 Å². The minimum atomic E-state index is -4.44. The molecule has 88 valence electrons. The van der Waals surface area contributed by atoms with Gasteiger partial charge in [0.15, 0.2) is 5.60 Å². The lowest BCUT2D eigenvalue weighted by Crippen LogP contribution is -2.57. The van der Waals surface area contributed by atoms with E-state index in [1.54, 1.807) is 0 Å². The third-order valence-electron chi connectivity index (χ3n) is 2.37. The summed E-state index contributed by atoms with van der Waals surface area (Å²) in [5, 5.41) is 0. The highest BCUT2D eigenvalue weighted by Gasteiger charge is 2.59. The summed E-state index contributed by atoms with van der Waals surface area (Å²) in [6.45, 7) is 0.996. The van der Waals surface area contributed by atoms with E-state index in [1.165, 1.54) is 26.0 Å². The van der Waals surface area contributed by atoms with E-state index < -0.39 is 20.6 Å². The molecule has 0 aliphatic carbocycles. The molecule has 1 aliphatic rings. The summed E-state index contributed by atoms with van der Waals surface area (Å²) < 4.78 is 52.9. The molecule has 0 aromatic carbocycles. The Kier molecular flexibility index (Phi) is 3.29. The molecule has 0 saturated carbocycles. The Labute approximate surface area is 87.2 Å². The van der Waals surface area contributed by atoms with Crippen LogP contribution in [0.3, 0.4) is 0 Å². The fraction of sp³-hybridized carbons (Fsp3) is 0.750. The Balaban J connectivity index is 2.97. The number of alkyl halides is 3. The molecule has 0 aromatic heterocycles. The van der Waals surface area contributed by atoms with E-state index in [0.717, 1.165) is 6.92 Å². The third-order valence-corrected chi connectivity index (χ3v) is 4.88. The van der Waals surface area contributed by atoms with E-state index in [9.17, 15) is 13.2 Å². The number of hydrogen-bond acceptors (Lipinski definition) is 3. The van der Waals surface area contributed by atoms with Crippen molar-refractivity contribution in [1.82, 2.24) is 0 Å². The molecule has 1 rings (SSSR count). The lowest BCUT2D eigenvalue weighted by molar-refractivity contribution is -0.253. The summed E-state index contributed by atoms with van der Waals surface area (Å²) in [4.78, 5) is 0. The van der Waals surface area contributed by atoms with Crippen LogP contribution in [0.1, 0.15) is 13.3 Å². The quantitative estimate of drug-likeness (QED) is 0.694. The van der Waals surface area contributed by atoms with Gasteiger partial charge in [-0.25, -0.2) is 0 Å². The second-order valence-corrected chi connectivity index (χ2v) is 6.01. The van der Waals surface area contributed by atoms with Crippen molar-refractivity contribution in [2.24, 2.45) is 0 Å². The average Bonchev–Trinajstić information content (AvgIpc) is 2.16. The molecule has 1 atom stereocenters. The van der Waals surface area contributed by atoms with Crippen LogP contribution >= 0.6 is 0 Å². The SMILES string of the molecule is CO[Si]1(OC)C=CCC(C)(C(F)(F)F)O1. The normalized spacial score (nSPS) is 30.5. The van der Waals surface area contributed by atoms with E-state index in [-0.39, 0.29) is 6.42 Å². The van der Waals surface area contributed by atoms with Gasteiger partial charge in [-0.3, -0.25) is 0 Å². The molecular weight excluding hydrogens is 229 g/mol. The molecule has 3 nitrogen and oxygen atoms in total. The van der Waals surface area contributed by atoms with Crippen LogP contribution < -0.4 is 0 Å². The zero-order valence-electron chi connectivity index (χ0n) is 8.72. The molecule has 0 aromatic rings. The molecule has 0 bridgehead atoms. The van der Waals surface area contributed by atoms with Gasteiger partial charge in [-0.15, -0.1) is 0 Å². The number of halogens is 3. The minimum absolute atomic E-state index is 0.224. The van der Waals surface area contributed by atoms with E-state index in [4.69, 9.17) is 13.3 Å². The standard InChI is InChI=1S/C8H13F3O3Si/c1-7(8(9,10)11)5-4-6-15(12-2,13-3)14-7/h4,6H,5H2,1-3H3. The highest BCUT2D eigenvalue weighted by atomic mass is 28.4. The van der Waals surface area contributed by atoms with Crippen molar-refractivity contribution in [1.29, 1.82) is 0 Å². The van der Waals surface area contributed by atoms with Gasteiger partial charge in [-0.2, -0.15) is 13.2 Å². The van der Waals surface area contributed by atoms with Gasteiger partial charge in [-0.1, -0.05) is 6.08 Å². The van der Waals surface area contributed by atoms with Gasteiger partial charge in [0.2, 0.25) is 0 Å². The van der Waals surface area contributed by atoms with E-state index >= 15 is 0 Å². The average molecular weight is 242 g/mol. The predicted molar refractivity (Wildman–Crippen MR) is 49.1 cm³/mol. The molecule has 0 radical (unpaired) electrons. The Bertz CT molecular complexity index is 262. The van der Waals surface area contributed by atoms with Gasteiger partial charge in [0.1, 0.15) is 0 Å². The minimum Gasteiger partial charge on any atom is -0.374 e. The zero-order valence-corrected chi connectivity index (χ0v) is 9.72. The summed E-state index contributed by atoms with van der Waals surface area (Å²) in [6, 6.07) is 0. The van der Waals surface area contributed by atoms with Crippen molar-refractivity contribution in [2.75, 3.05) is 14.2 Å². The van der Waals surface area contributed by atoms with Gasteiger partial charge in [0.25, 0.3) is 0 Å². The molecule has 15 heavy (non-hydrogen) atoms. The fourth-order valence-electron chi connectivity index (χ4n) is 1.29. The van der Waals surface area contributed by atoms with Crippen molar-refractivity contribution in [3.63, 3.8) is 0 Å². The highest BCUT2D eigenvalue weighted by Crippen LogP contribution is 2.41. The first-order chi connectivity index (χ1) is 6.79. The van der Waals surface area contributed by atoms with Crippen molar-refractivity contribution in [3.8, 4) is 0 Å². The summed E-state index contributed by atoms with van der Waals surface area (Å²) in [5.74, 6) is 0. The maximum Gasteiger partial charge on any atom is 0.529 e. The van der Waals surface area contributed by atoms with Crippen LogP contribution in [-0.2, 0) is 13.3 Å². The lowest BCUT2D eigenvalue weighted by Gasteiger charge is -2.40. The topological polar surface area (TPSA) is 27.7 Å². The summed E-state index contributed by atoms with van der Waals surface area (Å²) in [7, 11) is -0.716. The Hall–Kier alpha value is -0.373. The zero-order chi connectivity index (χ0) is 11.7. The van der Waals surface area contributed by atoms with Crippen LogP contribution in [0.25, 0.3) is 0 Å². The smallest absolute Gasteiger partial charge is 0.374 e. The van der Waals surface area contributed by atoms with E-state index in [2.05, 4.69) is 0 Å². The van der Waals surface area contributed by atoms with Gasteiger partial charge in [0.05, 0.1) is 0 Å². The van der Waals surface area contributed by atoms with Crippen molar-refractivity contribution < 1.29 is 26.4 Å². The Morgan fingerprint density at radius 2 is 1.87 bits per heavy atom. The first-order valence-corrected chi connectivity index (χ1v) is 6.14. The van der Waals surface area contributed by atoms with Crippen molar-refractivity contribution in [2.45, 2.75) is 25.1 Å². The monoisotopic (exact) mass is 242 g/mol. The van der Waals surface area contributed by atoms with Crippen LogP contribution in [0, 0.1) is 0 Å². The molecule has 1 heterocycles. The molecule has 0 saturated heterocycles. The van der Waals surface area contributed by atoms with Gasteiger partial charge in [-0.05, 0) is 12.6 Å². The third kappa shape index (κ3) is 2.25. The summed E-state index contributed by atoms with van der Waals surface area (Å²) in [6.07, 6.45) is -3.26. The molecule has 0 N–H and O–H groups in total. The molecule has 0 fully saturated rings. The first kappa shape index (κ1) is 12.7. The molecule has 1 unspecified atom stereocenters. The molecule has 7 heteroatoms. The van der Waals surface area contributed by atoms with Crippen LogP contribution in [-0.4, -0.2) is 34.8 Å². The highest BCUT2D eigenvalue weighted by molar-refractivity contribution is 6.66. The Morgan fingerprint density at radius 1 is 1.33 bits per heavy atom. The molecule has 1 aliphatic heterocycles. The number of hydrogen-bond donors (Lipinski definition) is 0. The number of rotatable bonds is 2. The summed E-state index contributed by atoms with van der Waals surface area (Å²) >= 11 is 0. The van der Waals surface area contributed by atoms with E-state index in [1.807, 2.05) is 0 Å². The van der Waals surface area contributed by atoms with Crippen molar-refractivity contribution in [3.05, 3.63) is 11.8 Å². The van der Waals surface area contributed by atoms with Crippen LogP contribution in [0.4, 0.5) is 13.2 Å². The maximum atomic E-state index is 12.7. The van der Waals surface area contributed by atoms with Gasteiger partial charge < -0.3 is 13.3 Å². The maximum absolute atomic E-state index is 12.7. The van der Waals surface area contributed by atoms with Crippen LogP contribution in [0.15, 0.2) is 11.8 Å². The molecule has 0 amide bonds. The second kappa shape index (κ2) is 3.89. The van der Waals surface area contributed by atoms with Crippen molar-refractivity contribution >= 4 is 8.80 Å². The van der Waals surface area contributed by atoms with Crippen LogP contribution in [0.5, 0.6) is 0 Å². The fourth-order valence-corrected chi connectivity index (χ4v) is 3.20. The summed E-state index contributed by atoms with van der Waals surface area (Å²) in [5.41, 5.74) is -0.763. The largest absolute Gasteiger partial charge is 0.529 e. The molecular formula is C8H13F3O3Si. The first-order valence-electron chi connectivity index (χ1n) is 4.33. The lowest BCUT2D eigenvalue weighted by atomic mass is 10.0. The Morgan fingerprint density at radius 3 is 2.27 bits per heavy atom. The second-order valence-electron chi connectivity index (χ2n) is 3.45. The van der Waals surface area contributed by atoms with Gasteiger partial charge in [0, 0.05) is 20.6 Å². The predicted octanol–water partition coefficient (Wildman–Crippen LogP) is 2.05. The molecule has 0 spiro atoms. The van der Waals surface area contributed by atoms with Crippen LogP contribution in [0.2, 0.25) is 0 Å².